The maximum Gasteiger partial charge on any atom is 0.387 e. The van der Waals surface area contributed by atoms with E-state index >= 15 is 0 Å². The van der Waals surface area contributed by atoms with E-state index < -0.39 is 6.61 Å². The third-order valence-corrected chi connectivity index (χ3v) is 2.72. The lowest BCUT2D eigenvalue weighted by Crippen LogP contribution is -2.24. The van der Waals surface area contributed by atoms with Crippen LogP contribution in [-0.4, -0.2) is 37.6 Å². The Morgan fingerprint density at radius 2 is 2.10 bits per heavy atom. The third kappa shape index (κ3) is 6.40. The number of halogens is 2. The molecule has 0 heterocycles. The van der Waals surface area contributed by atoms with Gasteiger partial charge >= 0.3 is 6.61 Å². The summed E-state index contributed by atoms with van der Waals surface area (Å²) in [5, 5.41) is 0. The number of ether oxygens (including phenoxy) is 2. The lowest BCUT2D eigenvalue weighted by atomic mass is 10.2. The molecule has 0 unspecified atom stereocenters. The summed E-state index contributed by atoms with van der Waals surface area (Å²) in [7, 11) is 1.84. The summed E-state index contributed by atoms with van der Waals surface area (Å²) in [5.74, 6) is -0.0773. The van der Waals surface area contributed by atoms with Crippen molar-refractivity contribution in [2.75, 3.05) is 20.2 Å². The second kappa shape index (κ2) is 8.41. The van der Waals surface area contributed by atoms with E-state index in [4.69, 9.17) is 10.5 Å². The van der Waals surface area contributed by atoms with Crippen LogP contribution in [0, 0.1) is 0 Å². The van der Waals surface area contributed by atoms with Crippen molar-refractivity contribution in [1.29, 1.82) is 0 Å². The number of carbonyl (C=O) groups excluding carboxylic acids is 1. The molecule has 21 heavy (non-hydrogen) atoms. The van der Waals surface area contributed by atoms with Gasteiger partial charge in [-0.15, -0.1) is 0 Å². The van der Waals surface area contributed by atoms with Gasteiger partial charge in [-0.25, -0.2) is 0 Å². The van der Waals surface area contributed by atoms with E-state index in [1.165, 1.54) is 6.07 Å². The zero-order chi connectivity index (χ0) is 15.8. The number of hydrogen-bond donors (Lipinski definition) is 1. The molecule has 118 valence electrons. The molecule has 0 aliphatic carbocycles. The minimum atomic E-state index is -2.90. The number of benzene rings is 1. The average Bonchev–Trinajstić information content (AvgIpc) is 2.39. The van der Waals surface area contributed by atoms with Crippen molar-refractivity contribution in [3.8, 4) is 11.5 Å². The van der Waals surface area contributed by atoms with Crippen LogP contribution in [0.5, 0.6) is 11.5 Å². The lowest BCUT2D eigenvalue weighted by molar-refractivity contribution is -0.118. The molecule has 1 amide bonds. The van der Waals surface area contributed by atoms with Crippen molar-refractivity contribution in [3.05, 3.63) is 23.8 Å². The summed E-state index contributed by atoms with van der Waals surface area (Å²) in [5.41, 5.74) is 5.96. The monoisotopic (exact) mass is 302 g/mol. The zero-order valence-corrected chi connectivity index (χ0v) is 12.1. The van der Waals surface area contributed by atoms with Gasteiger partial charge in [0, 0.05) is 19.5 Å². The first-order valence-corrected chi connectivity index (χ1v) is 6.59. The molecule has 0 radical (unpaired) electrons. The first-order valence-electron chi connectivity index (χ1n) is 6.59. The van der Waals surface area contributed by atoms with Crippen molar-refractivity contribution in [2.45, 2.75) is 26.5 Å². The fourth-order valence-electron chi connectivity index (χ4n) is 1.80. The van der Waals surface area contributed by atoms with Crippen LogP contribution in [0.3, 0.4) is 0 Å². The maximum atomic E-state index is 12.3. The number of hydrogen-bond acceptors (Lipinski definition) is 4. The Kier molecular flexibility index (Phi) is 6.87. The van der Waals surface area contributed by atoms with Crippen LogP contribution < -0.4 is 15.2 Å². The van der Waals surface area contributed by atoms with Gasteiger partial charge in [-0.05, 0) is 31.7 Å². The number of rotatable bonds is 9. The van der Waals surface area contributed by atoms with E-state index in [1.54, 1.807) is 19.1 Å². The van der Waals surface area contributed by atoms with Crippen molar-refractivity contribution < 1.29 is 23.0 Å². The highest BCUT2D eigenvalue weighted by Crippen LogP contribution is 2.30. The number of alkyl halides is 2. The van der Waals surface area contributed by atoms with E-state index in [2.05, 4.69) is 4.74 Å². The zero-order valence-electron chi connectivity index (χ0n) is 12.1. The molecule has 0 bridgehead atoms. The van der Waals surface area contributed by atoms with Crippen LogP contribution in [0.15, 0.2) is 18.2 Å². The summed E-state index contributed by atoms with van der Waals surface area (Å²) in [6, 6.07) is 4.79. The second-order valence-electron chi connectivity index (χ2n) is 4.55. The van der Waals surface area contributed by atoms with Crippen LogP contribution in [-0.2, 0) is 11.3 Å². The van der Waals surface area contributed by atoms with Gasteiger partial charge in [0.15, 0.2) is 11.5 Å². The number of amides is 1. The minimum Gasteiger partial charge on any atom is -0.490 e. The van der Waals surface area contributed by atoms with Gasteiger partial charge in [-0.1, -0.05) is 6.07 Å². The Morgan fingerprint density at radius 3 is 2.67 bits per heavy atom. The predicted octanol–water partition coefficient (Wildman–Crippen LogP) is 1.99. The summed E-state index contributed by atoms with van der Waals surface area (Å²) >= 11 is 0. The summed E-state index contributed by atoms with van der Waals surface area (Å²) in [4.78, 5) is 12.6. The van der Waals surface area contributed by atoms with Crippen molar-refractivity contribution in [1.82, 2.24) is 4.90 Å². The second-order valence-corrected chi connectivity index (χ2v) is 4.55. The third-order valence-electron chi connectivity index (χ3n) is 2.72. The molecule has 0 atom stereocenters. The number of primary amides is 1. The Bertz CT molecular complexity index is 470. The Hall–Kier alpha value is -1.89. The highest BCUT2D eigenvalue weighted by molar-refractivity contribution is 5.73. The van der Waals surface area contributed by atoms with Crippen LogP contribution in [0.4, 0.5) is 8.78 Å². The number of carbonyl (C=O) groups is 1. The van der Waals surface area contributed by atoms with Crippen LogP contribution in [0.25, 0.3) is 0 Å². The van der Waals surface area contributed by atoms with Crippen molar-refractivity contribution in [2.24, 2.45) is 5.73 Å². The molecule has 0 aliphatic rings. The number of nitrogens with zero attached hydrogens (tertiary/aromatic N) is 1. The molecular weight excluding hydrogens is 282 g/mol. The molecule has 0 saturated carbocycles. The summed E-state index contributed by atoms with van der Waals surface area (Å²) < 4.78 is 34.3. The van der Waals surface area contributed by atoms with E-state index in [-0.39, 0.29) is 23.8 Å². The molecule has 0 spiro atoms. The molecular formula is C14H20F2N2O3. The largest absolute Gasteiger partial charge is 0.490 e. The topological polar surface area (TPSA) is 64.8 Å². The van der Waals surface area contributed by atoms with Crippen LogP contribution >= 0.6 is 0 Å². The molecule has 7 heteroatoms. The molecule has 0 aromatic heterocycles. The molecule has 2 N–H and O–H groups in total. The Morgan fingerprint density at radius 1 is 1.38 bits per heavy atom. The summed E-state index contributed by atoms with van der Waals surface area (Å²) in [6.45, 7) is 0.281. The minimum absolute atomic E-state index is 0.00962. The van der Waals surface area contributed by atoms with Gasteiger partial charge in [0.25, 0.3) is 0 Å². The molecule has 5 nitrogen and oxygen atoms in total. The molecule has 1 aromatic rings. The number of nitrogens with two attached hydrogens (primary N) is 1. The quantitative estimate of drug-likeness (QED) is 0.757. The lowest BCUT2D eigenvalue weighted by Gasteiger charge is -2.17. The van der Waals surface area contributed by atoms with Crippen LogP contribution in [0.2, 0.25) is 0 Å². The van der Waals surface area contributed by atoms with Crippen molar-refractivity contribution in [3.63, 3.8) is 0 Å². The maximum absolute atomic E-state index is 12.3. The van der Waals surface area contributed by atoms with Gasteiger partial charge < -0.3 is 20.1 Å². The van der Waals surface area contributed by atoms with Gasteiger partial charge in [-0.3, -0.25) is 4.79 Å². The molecule has 1 rings (SSSR count). The first kappa shape index (κ1) is 17.2. The van der Waals surface area contributed by atoms with E-state index in [0.717, 1.165) is 5.56 Å². The predicted molar refractivity (Wildman–Crippen MR) is 74.4 cm³/mol. The van der Waals surface area contributed by atoms with E-state index in [0.29, 0.717) is 19.7 Å². The van der Waals surface area contributed by atoms with Gasteiger partial charge in [0.1, 0.15) is 0 Å². The molecule has 0 aliphatic heterocycles. The fourth-order valence-corrected chi connectivity index (χ4v) is 1.80. The molecule has 1 aromatic carbocycles. The first-order chi connectivity index (χ1) is 9.92. The highest BCUT2D eigenvalue weighted by Gasteiger charge is 2.12. The van der Waals surface area contributed by atoms with Gasteiger partial charge in [0.2, 0.25) is 5.91 Å². The normalized spacial score (nSPS) is 11.0. The fraction of sp³-hybridized carbons (Fsp3) is 0.500. The van der Waals surface area contributed by atoms with E-state index in [1.807, 2.05) is 11.9 Å². The van der Waals surface area contributed by atoms with Gasteiger partial charge in [-0.2, -0.15) is 8.78 Å². The summed E-state index contributed by atoms with van der Waals surface area (Å²) in [6.07, 6.45) is 0.265. The van der Waals surface area contributed by atoms with Gasteiger partial charge in [0.05, 0.1) is 6.61 Å². The Balaban J connectivity index is 2.74. The average molecular weight is 302 g/mol. The van der Waals surface area contributed by atoms with Crippen LogP contribution in [0.1, 0.15) is 18.9 Å². The molecule has 0 saturated heterocycles. The SMILES string of the molecule is CCOc1cc(CN(C)CCC(N)=O)ccc1OC(F)F. The Labute approximate surface area is 122 Å². The standard InChI is InChI=1S/C14H20F2N2O3/c1-3-20-12-8-10(4-5-11(12)21-14(15)16)9-18(2)7-6-13(17)19/h4-5,8,14H,3,6-7,9H2,1-2H3,(H2,17,19). The smallest absolute Gasteiger partial charge is 0.387 e. The molecule has 0 fully saturated rings. The highest BCUT2D eigenvalue weighted by atomic mass is 19.3. The van der Waals surface area contributed by atoms with Crippen molar-refractivity contribution >= 4 is 5.91 Å². The van der Waals surface area contributed by atoms with E-state index in [9.17, 15) is 13.6 Å².